The Labute approximate surface area is 224 Å². The van der Waals surface area contributed by atoms with Crippen molar-refractivity contribution in [3.05, 3.63) is 94.5 Å². The van der Waals surface area contributed by atoms with Crippen molar-refractivity contribution in [2.45, 2.75) is 39.3 Å². The van der Waals surface area contributed by atoms with Gasteiger partial charge in [0, 0.05) is 18.1 Å². The van der Waals surface area contributed by atoms with Crippen LogP contribution in [0.5, 0.6) is 11.5 Å². The highest BCUT2D eigenvalue weighted by molar-refractivity contribution is 6.30. The molecule has 0 aromatic heterocycles. The lowest BCUT2D eigenvalue weighted by atomic mass is 10.0. The maximum atomic E-state index is 13.9. The fourth-order valence-corrected chi connectivity index (χ4v) is 4.19. The molecular formula is C30H35ClN2O4. The number of halogens is 1. The number of nitrogens with one attached hydrogen (secondary N) is 1. The largest absolute Gasteiger partial charge is 0.493 e. The molecule has 0 fully saturated rings. The zero-order valence-electron chi connectivity index (χ0n) is 21.9. The van der Waals surface area contributed by atoms with E-state index in [4.69, 9.17) is 21.1 Å². The Hall–Kier alpha value is -3.51. The number of amides is 2. The molecule has 37 heavy (non-hydrogen) atoms. The first kappa shape index (κ1) is 28.1. The van der Waals surface area contributed by atoms with Crippen LogP contribution in [0, 0.1) is 5.92 Å². The summed E-state index contributed by atoms with van der Waals surface area (Å²) >= 11 is 6.10. The van der Waals surface area contributed by atoms with Gasteiger partial charge in [0.05, 0.1) is 20.6 Å². The summed E-state index contributed by atoms with van der Waals surface area (Å²) in [6.45, 7) is 5.01. The molecule has 6 nitrogen and oxygen atoms in total. The lowest BCUT2D eigenvalue weighted by Crippen LogP contribution is -2.44. The lowest BCUT2D eigenvalue weighted by Gasteiger charge is -2.32. The Morgan fingerprint density at radius 3 is 2.16 bits per heavy atom. The van der Waals surface area contributed by atoms with E-state index in [1.54, 1.807) is 43.4 Å². The van der Waals surface area contributed by atoms with Gasteiger partial charge in [0.1, 0.15) is 6.04 Å². The average Bonchev–Trinajstić information content (AvgIpc) is 2.89. The Morgan fingerprint density at radius 2 is 1.54 bits per heavy atom. The van der Waals surface area contributed by atoms with Crippen LogP contribution < -0.4 is 14.8 Å². The van der Waals surface area contributed by atoms with Crippen LogP contribution >= 0.6 is 11.6 Å². The first-order valence-corrected chi connectivity index (χ1v) is 12.8. The summed E-state index contributed by atoms with van der Waals surface area (Å²) in [5.41, 5.74) is 2.39. The van der Waals surface area contributed by atoms with Gasteiger partial charge in [-0.05, 0) is 53.3 Å². The molecule has 196 valence electrons. The maximum Gasteiger partial charge on any atom is 0.247 e. The van der Waals surface area contributed by atoms with Crippen LogP contribution in [0.15, 0.2) is 72.8 Å². The lowest BCUT2D eigenvalue weighted by molar-refractivity contribution is -0.141. The molecule has 0 aliphatic heterocycles. The van der Waals surface area contributed by atoms with Gasteiger partial charge in [-0.2, -0.15) is 0 Å². The number of hydrogen-bond donors (Lipinski definition) is 1. The Morgan fingerprint density at radius 1 is 0.892 bits per heavy atom. The van der Waals surface area contributed by atoms with E-state index in [0.717, 1.165) is 23.1 Å². The quantitative estimate of drug-likeness (QED) is 0.325. The number of rotatable bonds is 12. The number of ether oxygens (including phenoxy) is 2. The monoisotopic (exact) mass is 522 g/mol. The molecule has 0 aliphatic carbocycles. The van der Waals surface area contributed by atoms with Crippen LogP contribution in [-0.4, -0.2) is 37.5 Å². The van der Waals surface area contributed by atoms with E-state index in [2.05, 4.69) is 19.2 Å². The van der Waals surface area contributed by atoms with Gasteiger partial charge in [-0.25, -0.2) is 0 Å². The molecule has 3 aromatic rings. The number of benzene rings is 3. The predicted molar refractivity (Wildman–Crippen MR) is 147 cm³/mol. The molecule has 7 heteroatoms. The van der Waals surface area contributed by atoms with Gasteiger partial charge in [0.15, 0.2) is 11.5 Å². The van der Waals surface area contributed by atoms with Crippen LogP contribution in [0.4, 0.5) is 0 Å². The molecule has 0 saturated carbocycles. The number of carbonyl (C=O) groups is 2. The van der Waals surface area contributed by atoms with Gasteiger partial charge in [-0.3, -0.25) is 9.59 Å². The van der Waals surface area contributed by atoms with E-state index in [9.17, 15) is 9.59 Å². The summed E-state index contributed by atoms with van der Waals surface area (Å²) in [5.74, 6) is 1.19. The second-order valence-corrected chi connectivity index (χ2v) is 9.74. The first-order valence-electron chi connectivity index (χ1n) is 12.4. The predicted octanol–water partition coefficient (Wildman–Crippen LogP) is 5.83. The van der Waals surface area contributed by atoms with E-state index in [1.807, 2.05) is 48.5 Å². The van der Waals surface area contributed by atoms with Crippen molar-refractivity contribution < 1.29 is 19.1 Å². The van der Waals surface area contributed by atoms with Gasteiger partial charge < -0.3 is 19.7 Å². The molecule has 1 atom stereocenters. The molecule has 0 bridgehead atoms. The topological polar surface area (TPSA) is 67.9 Å². The Bertz CT molecular complexity index is 1170. The summed E-state index contributed by atoms with van der Waals surface area (Å²) in [6.07, 6.45) is 0.945. The fourth-order valence-electron chi connectivity index (χ4n) is 4.07. The molecule has 0 aliphatic rings. The zero-order valence-corrected chi connectivity index (χ0v) is 22.6. The minimum Gasteiger partial charge on any atom is -0.493 e. The van der Waals surface area contributed by atoms with Gasteiger partial charge in [-0.1, -0.05) is 74.0 Å². The second kappa shape index (κ2) is 13.7. The first-order chi connectivity index (χ1) is 17.8. The van der Waals surface area contributed by atoms with E-state index < -0.39 is 6.04 Å². The van der Waals surface area contributed by atoms with Crippen molar-refractivity contribution in [1.82, 2.24) is 10.2 Å². The van der Waals surface area contributed by atoms with Gasteiger partial charge in [0.25, 0.3) is 0 Å². The fraction of sp³-hybridized carbons (Fsp3) is 0.333. The normalized spacial score (nSPS) is 11.6. The number of nitrogens with zero attached hydrogens (tertiary/aromatic N) is 1. The van der Waals surface area contributed by atoms with Gasteiger partial charge in [-0.15, -0.1) is 0 Å². The van der Waals surface area contributed by atoms with Crippen molar-refractivity contribution in [1.29, 1.82) is 0 Å². The summed E-state index contributed by atoms with van der Waals surface area (Å²) in [6, 6.07) is 21.3. The van der Waals surface area contributed by atoms with Gasteiger partial charge >= 0.3 is 0 Å². The van der Waals surface area contributed by atoms with Crippen LogP contribution in [0.25, 0.3) is 0 Å². The van der Waals surface area contributed by atoms with Crippen molar-refractivity contribution in [3.8, 4) is 11.5 Å². The van der Waals surface area contributed by atoms with Gasteiger partial charge in [0.2, 0.25) is 11.8 Å². The zero-order chi connectivity index (χ0) is 26.8. The van der Waals surface area contributed by atoms with Crippen molar-refractivity contribution >= 4 is 23.4 Å². The number of carbonyl (C=O) groups excluding carboxylic acids is 2. The molecule has 0 heterocycles. The third kappa shape index (κ3) is 7.99. The van der Waals surface area contributed by atoms with Crippen molar-refractivity contribution in [3.63, 3.8) is 0 Å². The molecule has 0 spiro atoms. The van der Waals surface area contributed by atoms with Crippen LogP contribution in [0.1, 0.15) is 43.0 Å². The van der Waals surface area contributed by atoms with E-state index in [-0.39, 0.29) is 24.8 Å². The standard InChI is InChI=1S/C30H35ClN2O4/c1-21(2)16-17-32-30(35)29(24-8-6-5-7-9-24)33(20-22-10-13-25(31)14-11-22)28(34)19-23-12-15-26(36-3)27(18-23)37-4/h5-15,18,21,29H,16-17,19-20H2,1-4H3,(H,32,35)/t29-/m1/s1. The summed E-state index contributed by atoms with van der Waals surface area (Å²) in [4.78, 5) is 29.1. The van der Waals surface area contributed by atoms with E-state index >= 15 is 0 Å². The van der Waals surface area contributed by atoms with Crippen LogP contribution in [0.3, 0.4) is 0 Å². The Kier molecular flexibility index (Phi) is 10.4. The molecule has 0 saturated heterocycles. The Balaban J connectivity index is 1.98. The SMILES string of the molecule is COc1ccc(CC(=O)N(Cc2ccc(Cl)cc2)[C@@H](C(=O)NCCC(C)C)c2ccccc2)cc1OC. The van der Waals surface area contributed by atoms with Crippen LogP contribution in [0.2, 0.25) is 5.02 Å². The summed E-state index contributed by atoms with van der Waals surface area (Å²) < 4.78 is 10.7. The van der Waals surface area contributed by atoms with Crippen molar-refractivity contribution in [2.75, 3.05) is 20.8 Å². The highest BCUT2D eigenvalue weighted by Gasteiger charge is 2.31. The molecule has 0 radical (unpaired) electrons. The highest BCUT2D eigenvalue weighted by Crippen LogP contribution is 2.29. The van der Waals surface area contributed by atoms with Crippen molar-refractivity contribution in [2.24, 2.45) is 5.92 Å². The summed E-state index contributed by atoms with van der Waals surface area (Å²) in [5, 5.41) is 3.66. The third-order valence-electron chi connectivity index (χ3n) is 6.09. The maximum absolute atomic E-state index is 13.9. The summed E-state index contributed by atoms with van der Waals surface area (Å²) in [7, 11) is 3.13. The minimum absolute atomic E-state index is 0.0938. The number of hydrogen-bond acceptors (Lipinski definition) is 4. The molecule has 3 aromatic carbocycles. The molecule has 0 unspecified atom stereocenters. The molecule has 1 N–H and O–H groups in total. The third-order valence-corrected chi connectivity index (χ3v) is 6.34. The molecule has 2 amide bonds. The highest BCUT2D eigenvalue weighted by atomic mass is 35.5. The average molecular weight is 523 g/mol. The van der Waals surface area contributed by atoms with E-state index in [0.29, 0.717) is 29.0 Å². The minimum atomic E-state index is -0.795. The molecular weight excluding hydrogens is 488 g/mol. The smallest absolute Gasteiger partial charge is 0.247 e. The molecule has 3 rings (SSSR count). The second-order valence-electron chi connectivity index (χ2n) is 9.30. The van der Waals surface area contributed by atoms with E-state index in [1.165, 1.54) is 0 Å². The van der Waals surface area contributed by atoms with Crippen LogP contribution in [-0.2, 0) is 22.6 Å². The number of methoxy groups -OCH3 is 2.